The molecule has 0 aromatic rings. The van der Waals surface area contributed by atoms with Crippen LogP contribution in [0.3, 0.4) is 0 Å². The Morgan fingerprint density at radius 2 is 1.88 bits per heavy atom. The Labute approximate surface area is 102 Å². The van der Waals surface area contributed by atoms with Crippen LogP contribution in [0, 0.1) is 11.8 Å². The molecule has 1 atom stereocenters. The molecule has 0 unspecified atom stereocenters. The van der Waals surface area contributed by atoms with E-state index < -0.39 is 12.0 Å². The summed E-state index contributed by atoms with van der Waals surface area (Å²) in [6.45, 7) is 5.09. The Hall–Kier alpha value is -1.10. The smallest absolute Gasteiger partial charge is 0.306 e. The molecule has 5 nitrogen and oxygen atoms in total. The minimum atomic E-state index is -0.761. The maximum atomic E-state index is 12.0. The molecule has 1 amide bonds. The normalized spacial score (nSPS) is 19.4. The highest BCUT2D eigenvalue weighted by Crippen LogP contribution is 2.18. The van der Waals surface area contributed by atoms with Crippen molar-refractivity contribution >= 4 is 11.9 Å². The number of hydrogen-bond acceptors (Lipinski definition) is 3. The van der Waals surface area contributed by atoms with E-state index in [1.165, 1.54) is 0 Å². The number of carboxylic acid groups (broad SMARTS) is 1. The molecule has 1 aliphatic heterocycles. The van der Waals surface area contributed by atoms with E-state index in [-0.39, 0.29) is 11.8 Å². The predicted molar refractivity (Wildman–Crippen MR) is 64.4 cm³/mol. The summed E-state index contributed by atoms with van der Waals surface area (Å²) >= 11 is 0. The van der Waals surface area contributed by atoms with Crippen molar-refractivity contribution in [2.45, 2.75) is 39.2 Å². The number of carbonyl (C=O) groups is 2. The van der Waals surface area contributed by atoms with E-state index in [0.29, 0.717) is 38.3 Å². The third-order valence-corrected chi connectivity index (χ3v) is 3.20. The van der Waals surface area contributed by atoms with Crippen molar-refractivity contribution in [3.05, 3.63) is 0 Å². The lowest BCUT2D eigenvalue weighted by atomic mass is 9.96. The van der Waals surface area contributed by atoms with Crippen molar-refractivity contribution in [2.75, 3.05) is 13.1 Å². The van der Waals surface area contributed by atoms with E-state index in [4.69, 9.17) is 10.8 Å². The maximum Gasteiger partial charge on any atom is 0.306 e. The SMILES string of the molecule is CC(C)C[C@@H](N)C(=O)N1CCC(C(=O)O)CC1. The maximum absolute atomic E-state index is 12.0. The second kappa shape index (κ2) is 6.00. The molecule has 1 aliphatic rings. The number of hydrogen-bond donors (Lipinski definition) is 2. The number of carbonyl (C=O) groups excluding carboxylic acids is 1. The van der Waals surface area contributed by atoms with Gasteiger partial charge in [0.25, 0.3) is 0 Å². The summed E-state index contributed by atoms with van der Waals surface area (Å²) in [5.74, 6) is -0.711. The lowest BCUT2D eigenvalue weighted by Crippen LogP contribution is -2.48. The van der Waals surface area contributed by atoms with Crippen molar-refractivity contribution in [3.63, 3.8) is 0 Å². The van der Waals surface area contributed by atoms with Gasteiger partial charge in [-0.25, -0.2) is 0 Å². The molecule has 98 valence electrons. The Morgan fingerprint density at radius 3 is 2.29 bits per heavy atom. The summed E-state index contributed by atoms with van der Waals surface area (Å²) in [6.07, 6.45) is 1.75. The van der Waals surface area contributed by atoms with E-state index in [1.807, 2.05) is 13.8 Å². The van der Waals surface area contributed by atoms with Crippen LogP contribution in [0.4, 0.5) is 0 Å². The lowest BCUT2D eigenvalue weighted by molar-refractivity contribution is -0.146. The van der Waals surface area contributed by atoms with Crippen LogP contribution in [-0.2, 0) is 9.59 Å². The average molecular weight is 242 g/mol. The number of amides is 1. The number of aliphatic carboxylic acids is 1. The molecular weight excluding hydrogens is 220 g/mol. The van der Waals surface area contributed by atoms with Crippen molar-refractivity contribution < 1.29 is 14.7 Å². The molecule has 0 aliphatic carbocycles. The molecule has 0 spiro atoms. The third kappa shape index (κ3) is 4.00. The number of likely N-dealkylation sites (tertiary alicyclic amines) is 1. The summed E-state index contributed by atoms with van der Waals surface area (Å²) in [7, 11) is 0. The Bertz CT molecular complexity index is 283. The van der Waals surface area contributed by atoms with Crippen LogP contribution in [0.1, 0.15) is 33.1 Å². The highest BCUT2D eigenvalue weighted by Gasteiger charge is 2.29. The molecule has 1 heterocycles. The third-order valence-electron chi connectivity index (χ3n) is 3.20. The summed E-state index contributed by atoms with van der Waals surface area (Å²) in [4.78, 5) is 24.4. The van der Waals surface area contributed by atoms with Crippen molar-refractivity contribution in [3.8, 4) is 0 Å². The standard InChI is InChI=1S/C12H22N2O3/c1-8(2)7-10(13)11(15)14-5-3-9(4-6-14)12(16)17/h8-10H,3-7,13H2,1-2H3,(H,16,17)/t10-/m1/s1. The van der Waals surface area contributed by atoms with E-state index >= 15 is 0 Å². The van der Waals surface area contributed by atoms with Gasteiger partial charge in [-0.05, 0) is 25.2 Å². The molecule has 0 radical (unpaired) electrons. The second-order valence-electron chi connectivity index (χ2n) is 5.17. The highest BCUT2D eigenvalue weighted by atomic mass is 16.4. The first-order chi connectivity index (χ1) is 7.91. The van der Waals surface area contributed by atoms with Gasteiger partial charge in [-0.15, -0.1) is 0 Å². The average Bonchev–Trinajstić information content (AvgIpc) is 2.27. The molecule has 0 bridgehead atoms. The van der Waals surface area contributed by atoms with Gasteiger partial charge in [0.2, 0.25) is 5.91 Å². The van der Waals surface area contributed by atoms with Gasteiger partial charge in [0, 0.05) is 13.1 Å². The first kappa shape index (κ1) is 14.0. The Morgan fingerprint density at radius 1 is 1.35 bits per heavy atom. The van der Waals surface area contributed by atoms with Gasteiger partial charge >= 0.3 is 5.97 Å². The summed E-state index contributed by atoms with van der Waals surface area (Å²) in [5, 5.41) is 8.86. The highest BCUT2D eigenvalue weighted by molar-refractivity contribution is 5.82. The molecule has 1 fully saturated rings. The van der Waals surface area contributed by atoms with E-state index in [2.05, 4.69) is 0 Å². The fourth-order valence-corrected chi connectivity index (χ4v) is 2.19. The largest absolute Gasteiger partial charge is 0.481 e. The van der Waals surface area contributed by atoms with Crippen molar-refractivity contribution in [1.82, 2.24) is 4.90 Å². The molecular formula is C12H22N2O3. The summed E-state index contributed by atoms with van der Waals surface area (Å²) < 4.78 is 0. The number of nitrogens with two attached hydrogens (primary N) is 1. The quantitative estimate of drug-likeness (QED) is 0.759. The number of carboxylic acids is 1. The minimum absolute atomic E-state index is 0.0393. The number of rotatable bonds is 4. The molecule has 1 saturated heterocycles. The van der Waals surface area contributed by atoms with E-state index in [0.717, 1.165) is 0 Å². The van der Waals surface area contributed by atoms with Gasteiger partial charge in [-0.3, -0.25) is 9.59 Å². The van der Waals surface area contributed by atoms with Gasteiger partial charge < -0.3 is 15.7 Å². The van der Waals surface area contributed by atoms with Crippen LogP contribution in [0.5, 0.6) is 0 Å². The second-order valence-corrected chi connectivity index (χ2v) is 5.17. The fraction of sp³-hybridized carbons (Fsp3) is 0.833. The molecule has 0 aromatic heterocycles. The first-order valence-corrected chi connectivity index (χ1v) is 6.19. The fourth-order valence-electron chi connectivity index (χ4n) is 2.19. The number of nitrogens with zero attached hydrogens (tertiary/aromatic N) is 1. The molecule has 1 rings (SSSR count). The van der Waals surface area contributed by atoms with Gasteiger partial charge in [-0.2, -0.15) is 0 Å². The van der Waals surface area contributed by atoms with Crippen LogP contribution in [0.15, 0.2) is 0 Å². The molecule has 0 aromatic carbocycles. The van der Waals surface area contributed by atoms with Gasteiger partial charge in [0.1, 0.15) is 0 Å². The predicted octanol–water partition coefficient (Wildman–Crippen LogP) is 0.683. The van der Waals surface area contributed by atoms with Crippen molar-refractivity contribution in [1.29, 1.82) is 0 Å². The van der Waals surface area contributed by atoms with Crippen LogP contribution >= 0.6 is 0 Å². The molecule has 17 heavy (non-hydrogen) atoms. The van der Waals surface area contributed by atoms with Crippen LogP contribution < -0.4 is 5.73 Å². The topological polar surface area (TPSA) is 83.6 Å². The van der Waals surface area contributed by atoms with Crippen LogP contribution in [0.25, 0.3) is 0 Å². The zero-order valence-corrected chi connectivity index (χ0v) is 10.6. The summed E-state index contributed by atoms with van der Waals surface area (Å²) in [6, 6.07) is -0.448. The summed E-state index contributed by atoms with van der Waals surface area (Å²) in [5.41, 5.74) is 5.84. The minimum Gasteiger partial charge on any atom is -0.481 e. The Kier molecular flexibility index (Phi) is 4.93. The first-order valence-electron chi connectivity index (χ1n) is 6.19. The van der Waals surface area contributed by atoms with Crippen LogP contribution in [-0.4, -0.2) is 41.0 Å². The van der Waals surface area contributed by atoms with Gasteiger partial charge in [-0.1, -0.05) is 13.8 Å². The molecule has 5 heteroatoms. The lowest BCUT2D eigenvalue weighted by Gasteiger charge is -2.32. The number of piperidine rings is 1. The van der Waals surface area contributed by atoms with E-state index in [9.17, 15) is 9.59 Å². The van der Waals surface area contributed by atoms with Crippen molar-refractivity contribution in [2.24, 2.45) is 17.6 Å². The zero-order chi connectivity index (χ0) is 13.0. The van der Waals surface area contributed by atoms with Gasteiger partial charge in [0.05, 0.1) is 12.0 Å². The zero-order valence-electron chi connectivity index (χ0n) is 10.6. The van der Waals surface area contributed by atoms with Crippen LogP contribution in [0.2, 0.25) is 0 Å². The van der Waals surface area contributed by atoms with Gasteiger partial charge in [0.15, 0.2) is 0 Å². The molecule has 3 N–H and O–H groups in total. The Balaban J connectivity index is 2.43. The van der Waals surface area contributed by atoms with E-state index in [1.54, 1.807) is 4.90 Å². The monoisotopic (exact) mass is 242 g/mol. The molecule has 0 saturated carbocycles.